The molecule has 1 aromatic heterocycles. The number of carbonyl (C=O) groups is 2. The van der Waals surface area contributed by atoms with E-state index in [4.69, 9.17) is 4.42 Å². The van der Waals surface area contributed by atoms with Crippen LogP contribution in [0.2, 0.25) is 0 Å². The van der Waals surface area contributed by atoms with Crippen LogP contribution in [0.5, 0.6) is 0 Å². The van der Waals surface area contributed by atoms with Gasteiger partial charge in [0.05, 0.1) is 11.8 Å². The van der Waals surface area contributed by atoms with Gasteiger partial charge in [0, 0.05) is 38.2 Å². The fraction of sp³-hybridized carbons (Fsp3) is 0.190. The molecule has 2 N–H and O–H groups in total. The quantitative estimate of drug-likeness (QED) is 0.626. The number of nitrogens with zero attached hydrogens (tertiary/aromatic N) is 2. The van der Waals surface area contributed by atoms with Crippen LogP contribution < -0.4 is 15.8 Å². The average Bonchev–Trinajstić information content (AvgIpc) is 3.19. The van der Waals surface area contributed by atoms with Crippen LogP contribution >= 0.6 is 0 Å². The van der Waals surface area contributed by atoms with E-state index in [0.29, 0.717) is 22.8 Å². The van der Waals surface area contributed by atoms with Crippen molar-refractivity contribution in [3.8, 4) is 11.3 Å². The molecular weight excluding hydrogens is 375 g/mol. The molecule has 0 saturated heterocycles. The summed E-state index contributed by atoms with van der Waals surface area (Å²) in [7, 11) is 3.75. The van der Waals surface area contributed by atoms with Gasteiger partial charge >= 0.3 is 0 Å². The van der Waals surface area contributed by atoms with Gasteiger partial charge in [-0.15, -0.1) is 0 Å². The molecule has 3 aromatic rings. The van der Waals surface area contributed by atoms with Crippen molar-refractivity contribution in [2.24, 2.45) is 0 Å². The average molecular weight is 396 g/mol. The van der Waals surface area contributed by atoms with E-state index in [1.807, 2.05) is 25.1 Å². The van der Waals surface area contributed by atoms with Crippen LogP contribution in [0.3, 0.4) is 0 Å². The molecule has 0 aliphatic carbocycles. The van der Waals surface area contributed by atoms with Crippen molar-refractivity contribution in [2.45, 2.75) is 12.8 Å². The number of halogens is 1. The Morgan fingerprint density at radius 3 is 2.66 bits per heavy atom. The van der Waals surface area contributed by atoms with Gasteiger partial charge in [-0.05, 0) is 30.3 Å². The molecule has 0 aliphatic rings. The molecule has 29 heavy (non-hydrogen) atoms. The highest BCUT2D eigenvalue weighted by atomic mass is 19.1. The first-order valence-corrected chi connectivity index (χ1v) is 9.00. The van der Waals surface area contributed by atoms with Crippen molar-refractivity contribution < 1.29 is 18.4 Å². The van der Waals surface area contributed by atoms with Crippen LogP contribution in [0.1, 0.15) is 22.7 Å². The molecule has 2 amide bonds. The van der Waals surface area contributed by atoms with Crippen molar-refractivity contribution in [3.63, 3.8) is 0 Å². The predicted octanol–water partition coefficient (Wildman–Crippen LogP) is 2.94. The minimum absolute atomic E-state index is 0.0508. The number of amides is 2. The highest BCUT2D eigenvalue weighted by Gasteiger charge is 2.13. The number of carbonyl (C=O) groups excluding carboxylic acids is 2. The molecule has 0 radical (unpaired) electrons. The number of nitrogens with one attached hydrogen (secondary N) is 2. The lowest BCUT2D eigenvalue weighted by molar-refractivity contribution is -0.121. The summed E-state index contributed by atoms with van der Waals surface area (Å²) in [5.41, 5.74) is 6.36. The number of aryl methyl sites for hydroxylation is 1. The van der Waals surface area contributed by atoms with E-state index in [-0.39, 0.29) is 12.8 Å². The van der Waals surface area contributed by atoms with Gasteiger partial charge in [-0.2, -0.15) is 0 Å². The van der Waals surface area contributed by atoms with Crippen LogP contribution in [0.4, 0.5) is 10.1 Å². The Morgan fingerprint density at radius 2 is 1.90 bits per heavy atom. The summed E-state index contributed by atoms with van der Waals surface area (Å²) < 4.78 is 19.3. The van der Waals surface area contributed by atoms with Gasteiger partial charge in [-0.25, -0.2) is 9.37 Å². The molecule has 7 nitrogen and oxygen atoms in total. The third-order valence-corrected chi connectivity index (χ3v) is 4.20. The Balaban J connectivity index is 1.50. The lowest BCUT2D eigenvalue weighted by Gasteiger charge is -2.13. The minimum Gasteiger partial charge on any atom is -0.441 e. The first-order valence-electron chi connectivity index (χ1n) is 9.00. The number of benzene rings is 2. The second-order valence-electron chi connectivity index (χ2n) is 6.55. The highest BCUT2D eigenvalue weighted by Crippen LogP contribution is 2.23. The van der Waals surface area contributed by atoms with Gasteiger partial charge in [0.2, 0.25) is 5.91 Å². The molecule has 0 spiro atoms. The number of hydrogen-bond donors (Lipinski definition) is 2. The molecule has 0 atom stereocenters. The number of anilines is 1. The Hall–Kier alpha value is -3.68. The summed E-state index contributed by atoms with van der Waals surface area (Å²) in [6.45, 7) is 0. The standard InChI is InChI=1S/C21H21FN4O3/c1-26(2)15-7-5-6-14(12-15)21(28)25-24-19(27)10-11-20-23-13-18(29-20)16-8-3-4-9-17(16)22/h3-9,12-13H,10-11H2,1-2H3,(H,24,27)(H,25,28). The fourth-order valence-electron chi connectivity index (χ4n) is 2.62. The number of rotatable bonds is 6. The zero-order valence-electron chi connectivity index (χ0n) is 16.1. The Kier molecular flexibility index (Phi) is 6.23. The first-order chi connectivity index (χ1) is 13.9. The summed E-state index contributed by atoms with van der Waals surface area (Å²) in [6, 6.07) is 13.2. The molecule has 0 unspecified atom stereocenters. The van der Waals surface area contributed by atoms with Crippen molar-refractivity contribution in [1.29, 1.82) is 0 Å². The molecule has 0 fully saturated rings. The molecule has 8 heteroatoms. The van der Waals surface area contributed by atoms with Gasteiger partial charge in [0.25, 0.3) is 5.91 Å². The van der Waals surface area contributed by atoms with Gasteiger partial charge in [0.1, 0.15) is 5.82 Å². The van der Waals surface area contributed by atoms with Crippen LogP contribution in [-0.4, -0.2) is 30.9 Å². The Morgan fingerprint density at radius 1 is 1.10 bits per heavy atom. The summed E-state index contributed by atoms with van der Waals surface area (Å²) in [4.78, 5) is 30.1. The second kappa shape index (κ2) is 9.01. The fourth-order valence-corrected chi connectivity index (χ4v) is 2.62. The molecule has 2 aromatic carbocycles. The van der Waals surface area contributed by atoms with E-state index in [0.717, 1.165) is 5.69 Å². The third kappa shape index (κ3) is 5.19. The van der Waals surface area contributed by atoms with E-state index >= 15 is 0 Å². The summed E-state index contributed by atoms with van der Waals surface area (Å²) in [5, 5.41) is 0. The van der Waals surface area contributed by atoms with E-state index in [2.05, 4.69) is 15.8 Å². The number of aromatic nitrogens is 1. The predicted molar refractivity (Wildman–Crippen MR) is 107 cm³/mol. The Bertz CT molecular complexity index is 1020. The monoisotopic (exact) mass is 396 g/mol. The summed E-state index contributed by atoms with van der Waals surface area (Å²) >= 11 is 0. The van der Waals surface area contributed by atoms with E-state index in [1.54, 1.807) is 36.4 Å². The topological polar surface area (TPSA) is 87.5 Å². The van der Waals surface area contributed by atoms with E-state index in [9.17, 15) is 14.0 Å². The largest absolute Gasteiger partial charge is 0.441 e. The molecule has 0 saturated carbocycles. The highest BCUT2D eigenvalue weighted by molar-refractivity contribution is 5.96. The van der Waals surface area contributed by atoms with Gasteiger partial charge in [-0.3, -0.25) is 20.4 Å². The molecule has 0 bridgehead atoms. The summed E-state index contributed by atoms with van der Waals surface area (Å²) in [6.07, 6.45) is 1.69. The smallest absolute Gasteiger partial charge is 0.269 e. The molecule has 1 heterocycles. The van der Waals surface area contributed by atoms with Crippen molar-refractivity contribution in [1.82, 2.24) is 15.8 Å². The normalized spacial score (nSPS) is 10.4. The molecule has 150 valence electrons. The molecular formula is C21H21FN4O3. The van der Waals surface area contributed by atoms with Crippen LogP contribution in [0.15, 0.2) is 59.1 Å². The zero-order chi connectivity index (χ0) is 20.8. The minimum atomic E-state index is -0.417. The van der Waals surface area contributed by atoms with Crippen molar-refractivity contribution >= 4 is 17.5 Å². The van der Waals surface area contributed by atoms with E-state index < -0.39 is 17.6 Å². The lowest BCUT2D eigenvalue weighted by Crippen LogP contribution is -2.41. The third-order valence-electron chi connectivity index (χ3n) is 4.20. The van der Waals surface area contributed by atoms with Crippen molar-refractivity contribution in [3.05, 3.63) is 72.0 Å². The van der Waals surface area contributed by atoms with Crippen molar-refractivity contribution in [2.75, 3.05) is 19.0 Å². The van der Waals surface area contributed by atoms with Gasteiger partial charge in [0.15, 0.2) is 11.7 Å². The number of hydrazine groups is 1. The van der Waals surface area contributed by atoms with Crippen LogP contribution in [-0.2, 0) is 11.2 Å². The van der Waals surface area contributed by atoms with E-state index in [1.165, 1.54) is 12.3 Å². The molecule has 3 rings (SSSR count). The second-order valence-corrected chi connectivity index (χ2v) is 6.55. The summed E-state index contributed by atoms with van der Waals surface area (Å²) in [5.74, 6) is -0.613. The van der Waals surface area contributed by atoms with Crippen LogP contribution in [0, 0.1) is 5.82 Å². The SMILES string of the molecule is CN(C)c1cccc(C(=O)NNC(=O)CCc2ncc(-c3ccccc3F)o2)c1. The van der Waals surface area contributed by atoms with Crippen LogP contribution in [0.25, 0.3) is 11.3 Å². The number of hydrogen-bond acceptors (Lipinski definition) is 5. The zero-order valence-corrected chi connectivity index (χ0v) is 16.1. The Labute approximate surface area is 167 Å². The maximum Gasteiger partial charge on any atom is 0.269 e. The van der Waals surface area contributed by atoms with Gasteiger partial charge in [-0.1, -0.05) is 18.2 Å². The maximum absolute atomic E-state index is 13.8. The number of oxazole rings is 1. The molecule has 0 aliphatic heterocycles. The maximum atomic E-state index is 13.8. The van der Waals surface area contributed by atoms with Gasteiger partial charge < -0.3 is 9.32 Å². The lowest BCUT2D eigenvalue weighted by atomic mass is 10.2. The first kappa shape index (κ1) is 20.1.